The number of methoxy groups -OCH3 is 1. The third-order valence-corrected chi connectivity index (χ3v) is 6.38. The first-order chi connectivity index (χ1) is 14.5. The minimum Gasteiger partial charge on any atom is -0.497 e. The molecule has 158 valence electrons. The maximum atomic E-state index is 13.1. The van der Waals surface area contributed by atoms with Gasteiger partial charge in [0.05, 0.1) is 12.8 Å². The Labute approximate surface area is 176 Å². The highest BCUT2D eigenvalue weighted by Crippen LogP contribution is 2.34. The van der Waals surface area contributed by atoms with Crippen molar-refractivity contribution in [3.8, 4) is 5.75 Å². The SMILES string of the molecule is COc1ccc2[nH]c(C(=O)N3C[C@@H]4CN(Cc5coc(C(C)C)n5)CC[C@@H]43)cc2c1. The zero-order valence-electron chi connectivity index (χ0n) is 17.7. The quantitative estimate of drug-likeness (QED) is 0.698. The Morgan fingerprint density at radius 2 is 2.20 bits per heavy atom. The van der Waals surface area contributed by atoms with Crippen molar-refractivity contribution in [2.24, 2.45) is 5.92 Å². The molecule has 1 amide bonds. The second kappa shape index (κ2) is 7.47. The molecule has 7 heteroatoms. The fourth-order valence-electron chi connectivity index (χ4n) is 4.71. The molecule has 2 fully saturated rings. The highest BCUT2D eigenvalue weighted by Gasteiger charge is 2.45. The molecule has 0 saturated carbocycles. The Morgan fingerprint density at radius 3 is 2.93 bits per heavy atom. The molecule has 2 aliphatic rings. The van der Waals surface area contributed by atoms with Crippen LogP contribution in [0, 0.1) is 5.92 Å². The van der Waals surface area contributed by atoms with Crippen LogP contribution in [0.4, 0.5) is 0 Å². The number of nitrogens with one attached hydrogen (secondary N) is 1. The van der Waals surface area contributed by atoms with Crippen LogP contribution in [0.1, 0.15) is 48.3 Å². The number of likely N-dealkylation sites (tertiary alicyclic amines) is 2. The van der Waals surface area contributed by atoms with Crippen molar-refractivity contribution in [1.29, 1.82) is 0 Å². The Morgan fingerprint density at radius 1 is 1.33 bits per heavy atom. The third-order valence-electron chi connectivity index (χ3n) is 6.38. The van der Waals surface area contributed by atoms with Crippen LogP contribution in [0.3, 0.4) is 0 Å². The predicted molar refractivity (Wildman–Crippen MR) is 114 cm³/mol. The van der Waals surface area contributed by atoms with Gasteiger partial charge in [-0.2, -0.15) is 0 Å². The monoisotopic (exact) mass is 408 g/mol. The van der Waals surface area contributed by atoms with Gasteiger partial charge in [-0.05, 0) is 30.7 Å². The summed E-state index contributed by atoms with van der Waals surface area (Å²) in [6.45, 7) is 7.78. The molecule has 2 saturated heterocycles. The van der Waals surface area contributed by atoms with Gasteiger partial charge in [0, 0.05) is 55.0 Å². The normalized spacial score (nSPS) is 21.7. The van der Waals surface area contributed by atoms with Gasteiger partial charge >= 0.3 is 0 Å². The number of carbonyl (C=O) groups excluding carboxylic acids is 1. The topological polar surface area (TPSA) is 74.6 Å². The summed E-state index contributed by atoms with van der Waals surface area (Å²) in [5.74, 6) is 2.53. The number of aromatic nitrogens is 2. The molecule has 7 nitrogen and oxygen atoms in total. The highest BCUT2D eigenvalue weighted by atomic mass is 16.5. The number of aromatic amines is 1. The summed E-state index contributed by atoms with van der Waals surface area (Å²) in [4.78, 5) is 25.4. The number of ether oxygens (including phenoxy) is 1. The molecule has 2 atom stereocenters. The molecule has 0 radical (unpaired) electrons. The lowest BCUT2D eigenvalue weighted by Gasteiger charge is -2.53. The summed E-state index contributed by atoms with van der Waals surface area (Å²) in [6.07, 6.45) is 2.78. The lowest BCUT2D eigenvalue weighted by atomic mass is 9.82. The zero-order chi connectivity index (χ0) is 20.8. The lowest BCUT2D eigenvalue weighted by Crippen LogP contribution is -2.64. The van der Waals surface area contributed by atoms with Crippen LogP contribution in [-0.4, -0.2) is 58.5 Å². The molecule has 0 unspecified atom stereocenters. The van der Waals surface area contributed by atoms with Crippen molar-refractivity contribution in [2.45, 2.75) is 38.8 Å². The van der Waals surface area contributed by atoms with Crippen LogP contribution in [-0.2, 0) is 6.54 Å². The van der Waals surface area contributed by atoms with Crippen molar-refractivity contribution in [2.75, 3.05) is 26.7 Å². The number of amides is 1. The molecule has 2 aromatic heterocycles. The van der Waals surface area contributed by atoms with Crippen LogP contribution in [0.5, 0.6) is 5.75 Å². The van der Waals surface area contributed by atoms with Crippen LogP contribution in [0.15, 0.2) is 34.9 Å². The maximum Gasteiger partial charge on any atom is 0.270 e. The zero-order valence-corrected chi connectivity index (χ0v) is 17.7. The standard InChI is InChI=1S/C23H28N4O3/c1-14(2)22-24-17(13-30-22)12-26-7-6-21-16(10-26)11-27(21)23(28)20-9-15-8-18(29-3)4-5-19(15)25-20/h4-5,8-9,13-14,16,21,25H,6-7,10-12H2,1-3H3/t16-,21-/m0/s1. The maximum absolute atomic E-state index is 13.1. The second-order valence-electron chi connectivity index (χ2n) is 8.78. The van der Waals surface area contributed by atoms with Gasteiger partial charge in [-0.3, -0.25) is 9.69 Å². The first-order valence-corrected chi connectivity index (χ1v) is 10.7. The predicted octanol–water partition coefficient (Wildman–Crippen LogP) is 3.63. The van der Waals surface area contributed by atoms with E-state index in [0.29, 0.717) is 23.6 Å². The number of rotatable bonds is 5. The second-order valence-corrected chi connectivity index (χ2v) is 8.78. The van der Waals surface area contributed by atoms with E-state index in [9.17, 15) is 4.79 Å². The molecule has 0 spiro atoms. The van der Waals surface area contributed by atoms with Crippen molar-refractivity contribution < 1.29 is 13.9 Å². The Balaban J connectivity index is 1.21. The molecule has 0 bridgehead atoms. The molecular formula is C23H28N4O3. The van der Waals surface area contributed by atoms with Crippen molar-refractivity contribution >= 4 is 16.8 Å². The van der Waals surface area contributed by atoms with E-state index in [-0.39, 0.29) is 5.91 Å². The largest absolute Gasteiger partial charge is 0.497 e. The van der Waals surface area contributed by atoms with E-state index in [1.54, 1.807) is 13.4 Å². The fraction of sp³-hybridized carbons (Fsp3) is 0.478. The van der Waals surface area contributed by atoms with Crippen LogP contribution < -0.4 is 4.74 Å². The Hall–Kier alpha value is -2.80. The smallest absolute Gasteiger partial charge is 0.270 e. The minimum absolute atomic E-state index is 0.0953. The number of oxazole rings is 1. The van der Waals surface area contributed by atoms with E-state index < -0.39 is 0 Å². The van der Waals surface area contributed by atoms with Gasteiger partial charge in [-0.25, -0.2) is 4.98 Å². The number of piperidine rings is 1. The average Bonchev–Trinajstić information content (AvgIpc) is 3.36. The molecule has 2 aliphatic heterocycles. The first-order valence-electron chi connectivity index (χ1n) is 10.7. The van der Waals surface area contributed by atoms with E-state index in [1.165, 1.54) is 0 Å². The van der Waals surface area contributed by atoms with Gasteiger partial charge < -0.3 is 19.0 Å². The number of H-pyrrole nitrogens is 1. The van der Waals surface area contributed by atoms with E-state index in [2.05, 4.69) is 28.7 Å². The Bertz CT molecular complexity index is 1070. The van der Waals surface area contributed by atoms with Crippen LogP contribution >= 0.6 is 0 Å². The van der Waals surface area contributed by atoms with Gasteiger partial charge in [-0.1, -0.05) is 13.8 Å². The summed E-state index contributed by atoms with van der Waals surface area (Å²) in [6, 6.07) is 8.07. The van der Waals surface area contributed by atoms with Gasteiger partial charge in [0.2, 0.25) is 0 Å². The van der Waals surface area contributed by atoms with E-state index in [0.717, 1.165) is 60.8 Å². The van der Waals surface area contributed by atoms with Crippen molar-refractivity contribution in [1.82, 2.24) is 19.8 Å². The summed E-state index contributed by atoms with van der Waals surface area (Å²) in [7, 11) is 1.65. The highest BCUT2D eigenvalue weighted by molar-refractivity contribution is 5.98. The van der Waals surface area contributed by atoms with Gasteiger partial charge in [0.25, 0.3) is 5.91 Å². The van der Waals surface area contributed by atoms with Gasteiger partial charge in [-0.15, -0.1) is 0 Å². The number of benzene rings is 1. The number of carbonyl (C=O) groups is 1. The van der Waals surface area contributed by atoms with Gasteiger partial charge in [0.15, 0.2) is 5.89 Å². The van der Waals surface area contributed by atoms with Crippen LogP contribution in [0.2, 0.25) is 0 Å². The lowest BCUT2D eigenvalue weighted by molar-refractivity contribution is -0.0298. The van der Waals surface area contributed by atoms with E-state index in [1.807, 2.05) is 29.2 Å². The molecule has 30 heavy (non-hydrogen) atoms. The van der Waals surface area contributed by atoms with Crippen molar-refractivity contribution in [3.63, 3.8) is 0 Å². The number of hydrogen-bond donors (Lipinski definition) is 1. The van der Waals surface area contributed by atoms with Gasteiger partial charge in [0.1, 0.15) is 17.7 Å². The fourth-order valence-corrected chi connectivity index (χ4v) is 4.71. The summed E-state index contributed by atoms with van der Waals surface area (Å²) < 4.78 is 10.8. The molecule has 5 rings (SSSR count). The molecule has 4 heterocycles. The molecule has 3 aromatic rings. The average molecular weight is 409 g/mol. The molecule has 1 N–H and O–H groups in total. The molecular weight excluding hydrogens is 380 g/mol. The summed E-state index contributed by atoms with van der Waals surface area (Å²) in [5, 5.41) is 0.998. The first kappa shape index (κ1) is 19.2. The Kier molecular flexibility index (Phi) is 4.77. The number of fused-ring (bicyclic) bond motifs is 2. The molecule has 0 aliphatic carbocycles. The van der Waals surface area contributed by atoms with Crippen LogP contribution in [0.25, 0.3) is 10.9 Å². The minimum atomic E-state index is 0.0953. The summed E-state index contributed by atoms with van der Waals surface area (Å²) >= 11 is 0. The van der Waals surface area contributed by atoms with Crippen molar-refractivity contribution in [3.05, 3.63) is 47.8 Å². The molecule has 1 aromatic carbocycles. The van der Waals surface area contributed by atoms with E-state index in [4.69, 9.17) is 9.15 Å². The number of hydrogen-bond acceptors (Lipinski definition) is 5. The summed E-state index contributed by atoms with van der Waals surface area (Å²) in [5.41, 5.74) is 2.61. The van der Waals surface area contributed by atoms with E-state index >= 15 is 0 Å². The number of nitrogens with zero attached hydrogens (tertiary/aromatic N) is 3. The third kappa shape index (κ3) is 3.37.